The fraction of sp³-hybridized carbons (Fsp3) is 0.600. The van der Waals surface area contributed by atoms with Crippen LogP contribution in [0, 0.1) is 5.92 Å². The first-order valence-corrected chi connectivity index (χ1v) is 6.85. The Labute approximate surface area is 110 Å². The van der Waals surface area contributed by atoms with Crippen molar-refractivity contribution in [1.82, 2.24) is 4.90 Å². The summed E-state index contributed by atoms with van der Waals surface area (Å²) in [5, 5.41) is 0. The molecule has 2 rings (SSSR count). The number of ether oxygens (including phenoxy) is 1. The van der Waals surface area contributed by atoms with Crippen molar-refractivity contribution in [2.75, 3.05) is 32.8 Å². The summed E-state index contributed by atoms with van der Waals surface area (Å²) < 4.78 is 5.74. The van der Waals surface area contributed by atoms with Gasteiger partial charge in [0.15, 0.2) is 0 Å². The van der Waals surface area contributed by atoms with Gasteiger partial charge >= 0.3 is 0 Å². The van der Waals surface area contributed by atoms with Gasteiger partial charge in [-0.1, -0.05) is 32.0 Å². The topological polar surface area (TPSA) is 38.5 Å². The number of rotatable bonds is 6. The van der Waals surface area contributed by atoms with E-state index < -0.39 is 0 Å². The van der Waals surface area contributed by atoms with E-state index in [0.29, 0.717) is 11.8 Å². The summed E-state index contributed by atoms with van der Waals surface area (Å²) in [6.45, 7) is 9.16. The molecule has 2 N–H and O–H groups in total. The molecule has 1 unspecified atom stereocenters. The first-order chi connectivity index (χ1) is 8.70. The number of hydrogen-bond acceptors (Lipinski definition) is 3. The van der Waals surface area contributed by atoms with Crippen LogP contribution in [0.25, 0.3) is 0 Å². The summed E-state index contributed by atoms with van der Waals surface area (Å²) in [4.78, 5) is 2.46. The average Bonchev–Trinajstić information content (AvgIpc) is 2.72. The van der Waals surface area contributed by atoms with Crippen molar-refractivity contribution in [2.24, 2.45) is 11.7 Å². The molecule has 0 saturated carbocycles. The highest BCUT2D eigenvalue weighted by molar-refractivity contribution is 5.39. The Morgan fingerprint density at radius 2 is 2.17 bits per heavy atom. The normalized spacial score (nSPS) is 18.2. The van der Waals surface area contributed by atoms with Crippen LogP contribution in [0.1, 0.15) is 25.3 Å². The minimum Gasteiger partial charge on any atom is -0.493 e. The predicted octanol–water partition coefficient (Wildman–Crippen LogP) is 2.08. The SMILES string of the molecule is CC(C)CN(CCN)CC1COc2ccccc21. The lowest BCUT2D eigenvalue weighted by Crippen LogP contribution is -2.36. The van der Waals surface area contributed by atoms with Crippen LogP contribution >= 0.6 is 0 Å². The third-order valence-electron chi connectivity index (χ3n) is 3.35. The smallest absolute Gasteiger partial charge is 0.122 e. The van der Waals surface area contributed by atoms with E-state index in [2.05, 4.69) is 36.9 Å². The Bertz CT molecular complexity index is 379. The van der Waals surface area contributed by atoms with Gasteiger partial charge in [0, 0.05) is 37.7 Å². The minimum absolute atomic E-state index is 0.492. The summed E-state index contributed by atoms with van der Waals surface area (Å²) >= 11 is 0. The molecule has 0 saturated heterocycles. The van der Waals surface area contributed by atoms with Gasteiger partial charge in [0.2, 0.25) is 0 Å². The molecule has 0 bridgehead atoms. The molecule has 1 aliphatic heterocycles. The number of hydrogen-bond donors (Lipinski definition) is 1. The van der Waals surface area contributed by atoms with Crippen molar-refractivity contribution >= 4 is 0 Å². The molecule has 100 valence electrons. The fourth-order valence-corrected chi connectivity index (χ4v) is 2.65. The van der Waals surface area contributed by atoms with E-state index in [0.717, 1.165) is 38.5 Å². The maximum Gasteiger partial charge on any atom is 0.122 e. The van der Waals surface area contributed by atoms with E-state index in [4.69, 9.17) is 10.5 Å². The van der Waals surface area contributed by atoms with Gasteiger partial charge < -0.3 is 15.4 Å². The van der Waals surface area contributed by atoms with E-state index in [1.54, 1.807) is 0 Å². The Kier molecular flexibility index (Phi) is 4.61. The second kappa shape index (κ2) is 6.21. The first kappa shape index (κ1) is 13.4. The van der Waals surface area contributed by atoms with Gasteiger partial charge in [-0.3, -0.25) is 0 Å². The molecule has 18 heavy (non-hydrogen) atoms. The number of para-hydroxylation sites is 1. The summed E-state index contributed by atoms with van der Waals surface area (Å²) in [6, 6.07) is 8.37. The molecule has 0 amide bonds. The van der Waals surface area contributed by atoms with Crippen LogP contribution in [0.4, 0.5) is 0 Å². The highest BCUT2D eigenvalue weighted by Gasteiger charge is 2.25. The molecular formula is C15H24N2O. The zero-order valence-corrected chi connectivity index (χ0v) is 11.4. The molecular weight excluding hydrogens is 224 g/mol. The van der Waals surface area contributed by atoms with E-state index in [9.17, 15) is 0 Å². The maximum atomic E-state index is 5.74. The molecule has 1 aromatic carbocycles. The number of benzene rings is 1. The zero-order valence-electron chi connectivity index (χ0n) is 11.4. The van der Waals surface area contributed by atoms with Gasteiger partial charge in [-0.05, 0) is 12.0 Å². The van der Waals surface area contributed by atoms with Gasteiger partial charge in [0.1, 0.15) is 5.75 Å². The van der Waals surface area contributed by atoms with Gasteiger partial charge in [-0.15, -0.1) is 0 Å². The number of nitrogens with zero attached hydrogens (tertiary/aromatic N) is 1. The maximum absolute atomic E-state index is 5.74. The Morgan fingerprint density at radius 1 is 1.39 bits per heavy atom. The molecule has 0 spiro atoms. The van der Waals surface area contributed by atoms with Crippen LogP contribution in [0.15, 0.2) is 24.3 Å². The molecule has 1 aromatic rings. The highest BCUT2D eigenvalue weighted by Crippen LogP contribution is 2.33. The summed E-state index contributed by atoms with van der Waals surface area (Å²) in [5.74, 6) is 2.22. The standard InChI is InChI=1S/C15H24N2O/c1-12(2)9-17(8-7-16)10-13-11-18-15-6-4-3-5-14(13)15/h3-6,12-13H,7-11,16H2,1-2H3. The van der Waals surface area contributed by atoms with E-state index in [-0.39, 0.29) is 0 Å². The van der Waals surface area contributed by atoms with Crippen molar-refractivity contribution in [3.05, 3.63) is 29.8 Å². The summed E-state index contributed by atoms with van der Waals surface area (Å²) in [6.07, 6.45) is 0. The third kappa shape index (κ3) is 3.24. The van der Waals surface area contributed by atoms with Crippen molar-refractivity contribution in [2.45, 2.75) is 19.8 Å². The Hall–Kier alpha value is -1.06. The quantitative estimate of drug-likeness (QED) is 0.837. The molecule has 3 heteroatoms. The fourth-order valence-electron chi connectivity index (χ4n) is 2.65. The van der Waals surface area contributed by atoms with Crippen molar-refractivity contribution < 1.29 is 4.74 Å². The van der Waals surface area contributed by atoms with Gasteiger partial charge in [0.05, 0.1) is 6.61 Å². The van der Waals surface area contributed by atoms with Crippen LogP contribution in [0.2, 0.25) is 0 Å². The molecule has 0 radical (unpaired) electrons. The second-order valence-corrected chi connectivity index (χ2v) is 5.49. The van der Waals surface area contributed by atoms with Crippen LogP contribution in [-0.2, 0) is 0 Å². The summed E-state index contributed by atoms with van der Waals surface area (Å²) in [7, 11) is 0. The monoisotopic (exact) mass is 248 g/mol. The van der Waals surface area contributed by atoms with Crippen LogP contribution < -0.4 is 10.5 Å². The van der Waals surface area contributed by atoms with Gasteiger partial charge in [-0.25, -0.2) is 0 Å². The average molecular weight is 248 g/mol. The molecule has 0 fully saturated rings. The lowest BCUT2D eigenvalue weighted by Gasteiger charge is -2.26. The Morgan fingerprint density at radius 3 is 2.89 bits per heavy atom. The minimum atomic E-state index is 0.492. The zero-order chi connectivity index (χ0) is 13.0. The highest BCUT2D eigenvalue weighted by atomic mass is 16.5. The molecule has 0 aliphatic carbocycles. The number of fused-ring (bicyclic) bond motifs is 1. The molecule has 0 aromatic heterocycles. The second-order valence-electron chi connectivity index (χ2n) is 5.49. The Balaban J connectivity index is 2.00. The van der Waals surface area contributed by atoms with Crippen molar-refractivity contribution in [3.8, 4) is 5.75 Å². The van der Waals surface area contributed by atoms with Crippen LogP contribution in [-0.4, -0.2) is 37.7 Å². The van der Waals surface area contributed by atoms with E-state index in [1.165, 1.54) is 5.56 Å². The van der Waals surface area contributed by atoms with Gasteiger partial charge in [0.25, 0.3) is 0 Å². The van der Waals surface area contributed by atoms with Crippen molar-refractivity contribution in [3.63, 3.8) is 0 Å². The van der Waals surface area contributed by atoms with Crippen LogP contribution in [0.3, 0.4) is 0 Å². The number of nitrogens with two attached hydrogens (primary N) is 1. The summed E-state index contributed by atoms with van der Waals surface area (Å²) in [5.41, 5.74) is 7.05. The largest absolute Gasteiger partial charge is 0.493 e. The first-order valence-electron chi connectivity index (χ1n) is 6.85. The predicted molar refractivity (Wildman–Crippen MR) is 75.0 cm³/mol. The van der Waals surface area contributed by atoms with Gasteiger partial charge in [-0.2, -0.15) is 0 Å². The van der Waals surface area contributed by atoms with Crippen LogP contribution in [0.5, 0.6) is 5.75 Å². The lowest BCUT2D eigenvalue weighted by molar-refractivity contribution is 0.217. The third-order valence-corrected chi connectivity index (χ3v) is 3.35. The van der Waals surface area contributed by atoms with Crippen molar-refractivity contribution in [1.29, 1.82) is 0 Å². The molecule has 1 aliphatic rings. The van der Waals surface area contributed by atoms with E-state index >= 15 is 0 Å². The molecule has 1 heterocycles. The molecule has 3 nitrogen and oxygen atoms in total. The lowest BCUT2D eigenvalue weighted by atomic mass is 10.0. The van der Waals surface area contributed by atoms with E-state index in [1.807, 2.05) is 6.07 Å². The molecule has 1 atom stereocenters.